The maximum Gasteiger partial charge on any atom is 0.0465 e. The Morgan fingerprint density at radius 1 is 0.422 bits per heavy atom. The molecule has 11 rings (SSSR count). The van der Waals surface area contributed by atoms with Crippen LogP contribution in [0.5, 0.6) is 0 Å². The van der Waals surface area contributed by atoms with Crippen LogP contribution in [0.4, 0.5) is 34.1 Å². The summed E-state index contributed by atoms with van der Waals surface area (Å²) in [5.41, 5.74) is 23.8. The topological polar surface area (TPSA) is 6.48 Å². The lowest BCUT2D eigenvalue weighted by Crippen LogP contribution is -2.30. The third-order valence-electron chi connectivity index (χ3n) is 15.6. The maximum atomic E-state index is 2.48. The monoisotopic (exact) mass is 832 g/mol. The maximum absolute atomic E-state index is 2.48. The zero-order valence-electron chi connectivity index (χ0n) is 38.5. The van der Waals surface area contributed by atoms with Gasteiger partial charge in [-0.1, -0.05) is 150 Å². The Balaban J connectivity index is 0.960. The first-order valence-electron chi connectivity index (χ1n) is 23.8. The van der Waals surface area contributed by atoms with Gasteiger partial charge in [0.2, 0.25) is 0 Å². The second-order valence-corrected chi connectivity index (χ2v) is 20.2. The Labute approximate surface area is 381 Å². The van der Waals surface area contributed by atoms with E-state index in [1.165, 1.54) is 115 Å². The van der Waals surface area contributed by atoms with E-state index in [2.05, 4.69) is 221 Å². The van der Waals surface area contributed by atoms with Crippen LogP contribution < -0.4 is 9.80 Å². The van der Waals surface area contributed by atoms with Gasteiger partial charge in [-0.25, -0.2) is 0 Å². The van der Waals surface area contributed by atoms with E-state index in [0.29, 0.717) is 0 Å². The van der Waals surface area contributed by atoms with Gasteiger partial charge in [-0.15, -0.1) is 0 Å². The van der Waals surface area contributed by atoms with Crippen molar-refractivity contribution in [1.82, 2.24) is 0 Å². The number of anilines is 6. The van der Waals surface area contributed by atoms with E-state index in [9.17, 15) is 0 Å². The van der Waals surface area contributed by atoms with Crippen LogP contribution in [0.15, 0.2) is 175 Å². The molecule has 7 aromatic rings. The van der Waals surface area contributed by atoms with Gasteiger partial charge in [0, 0.05) is 50.4 Å². The largest absolute Gasteiger partial charge is 0.310 e. The van der Waals surface area contributed by atoms with Gasteiger partial charge in [0.1, 0.15) is 0 Å². The number of rotatable bonds is 8. The van der Waals surface area contributed by atoms with Crippen molar-refractivity contribution in [1.29, 1.82) is 0 Å². The highest BCUT2D eigenvalue weighted by atomic mass is 15.1. The molecule has 0 bridgehead atoms. The Morgan fingerprint density at radius 2 is 0.922 bits per heavy atom. The van der Waals surface area contributed by atoms with E-state index in [1.54, 1.807) is 5.57 Å². The first kappa shape index (κ1) is 40.4. The van der Waals surface area contributed by atoms with E-state index in [0.717, 1.165) is 25.7 Å². The van der Waals surface area contributed by atoms with Gasteiger partial charge >= 0.3 is 0 Å². The first-order valence-corrected chi connectivity index (χ1v) is 23.8. The molecule has 0 radical (unpaired) electrons. The van der Waals surface area contributed by atoms with Crippen molar-refractivity contribution >= 4 is 39.7 Å². The number of fused-ring (bicyclic) bond motifs is 5. The average molecular weight is 833 g/mol. The molecular formula is C62H60N2. The molecule has 2 heteroatoms. The van der Waals surface area contributed by atoms with Crippen LogP contribution in [-0.4, -0.2) is 0 Å². The van der Waals surface area contributed by atoms with Gasteiger partial charge in [-0.2, -0.15) is 0 Å². The molecule has 0 aliphatic heterocycles. The van der Waals surface area contributed by atoms with Gasteiger partial charge in [-0.3, -0.25) is 0 Å². The summed E-state index contributed by atoms with van der Waals surface area (Å²) in [6.07, 6.45) is 13.1. The minimum Gasteiger partial charge on any atom is -0.310 e. The number of hydrogen-bond acceptors (Lipinski definition) is 2. The molecule has 64 heavy (non-hydrogen) atoms. The molecule has 0 heterocycles. The van der Waals surface area contributed by atoms with Gasteiger partial charge in [-0.05, 0) is 174 Å². The summed E-state index contributed by atoms with van der Waals surface area (Å²) in [5, 5.41) is 0. The van der Waals surface area contributed by atoms with Crippen LogP contribution in [0.2, 0.25) is 0 Å². The highest BCUT2D eigenvalue weighted by molar-refractivity contribution is 5.90. The van der Waals surface area contributed by atoms with E-state index >= 15 is 0 Å². The minimum absolute atomic E-state index is 0.0121. The van der Waals surface area contributed by atoms with Crippen LogP contribution in [-0.2, 0) is 16.2 Å². The van der Waals surface area contributed by atoms with Gasteiger partial charge < -0.3 is 9.80 Å². The summed E-state index contributed by atoms with van der Waals surface area (Å²) in [7, 11) is 0. The third-order valence-corrected chi connectivity index (χ3v) is 15.6. The van der Waals surface area contributed by atoms with Crippen molar-refractivity contribution in [2.24, 2.45) is 0 Å². The lowest BCUT2D eigenvalue weighted by atomic mass is 9.65. The molecule has 318 valence electrons. The zero-order chi connectivity index (χ0) is 43.8. The Bertz CT molecular complexity index is 2990. The molecule has 4 aliphatic carbocycles. The second-order valence-electron chi connectivity index (χ2n) is 20.2. The number of hydrogen-bond donors (Lipinski definition) is 0. The molecule has 0 amide bonds. The van der Waals surface area contributed by atoms with Crippen molar-refractivity contribution in [3.8, 4) is 11.1 Å². The van der Waals surface area contributed by atoms with Gasteiger partial charge in [0.15, 0.2) is 0 Å². The summed E-state index contributed by atoms with van der Waals surface area (Å²) in [6.45, 7) is 14.0. The molecule has 0 saturated heterocycles. The molecule has 1 saturated carbocycles. The summed E-state index contributed by atoms with van der Waals surface area (Å²) < 4.78 is 0. The summed E-state index contributed by atoms with van der Waals surface area (Å²) in [4.78, 5) is 4.93. The average Bonchev–Trinajstić information content (AvgIpc) is 3.69. The molecule has 0 aromatic heterocycles. The second kappa shape index (κ2) is 15.4. The van der Waals surface area contributed by atoms with Crippen molar-refractivity contribution in [3.05, 3.63) is 220 Å². The molecule has 0 unspecified atom stereocenters. The highest BCUT2D eigenvalue weighted by Gasteiger charge is 2.39. The zero-order valence-corrected chi connectivity index (χ0v) is 38.5. The van der Waals surface area contributed by atoms with Gasteiger partial charge in [0.25, 0.3) is 0 Å². The first-order chi connectivity index (χ1) is 31.0. The standard InChI is InChI=1S/C62H60N2/c1-42-16-14-18-48(38-42)63(50-32-34-54-52-20-8-10-22-56(52)60(3,4)58(54)40-50)46-28-24-44(25-29-46)62(36-12-7-13-37-62)45-26-30-47(31-27-45)64(49-19-15-17-43(2)39-49)51-33-35-55-53-21-9-11-23-57(53)61(5,6)59(55)41-51/h8-10,14-22,24-35,38-41H,7,11-13,23,36-37H2,1-6H3. The van der Waals surface area contributed by atoms with Crippen LogP contribution in [0.25, 0.3) is 16.7 Å². The summed E-state index contributed by atoms with van der Waals surface area (Å²) in [6, 6.07) is 60.5. The molecular weight excluding hydrogens is 773 g/mol. The number of allylic oxidation sites excluding steroid dienone is 4. The van der Waals surface area contributed by atoms with Crippen LogP contribution in [0.1, 0.15) is 117 Å². The van der Waals surface area contributed by atoms with E-state index in [4.69, 9.17) is 0 Å². The van der Waals surface area contributed by atoms with E-state index < -0.39 is 0 Å². The molecule has 0 N–H and O–H groups in total. The van der Waals surface area contributed by atoms with E-state index in [-0.39, 0.29) is 16.2 Å². The molecule has 2 nitrogen and oxygen atoms in total. The predicted octanol–water partition coefficient (Wildman–Crippen LogP) is 17.2. The smallest absolute Gasteiger partial charge is 0.0465 e. The van der Waals surface area contributed by atoms with E-state index in [1.807, 2.05) is 0 Å². The summed E-state index contributed by atoms with van der Waals surface area (Å²) in [5.74, 6) is 0. The Hall–Kier alpha value is -6.38. The van der Waals surface area contributed by atoms with Crippen LogP contribution >= 0.6 is 0 Å². The predicted molar refractivity (Wildman–Crippen MR) is 271 cm³/mol. The number of benzene rings is 7. The lowest BCUT2D eigenvalue weighted by Gasteiger charge is -2.39. The van der Waals surface area contributed by atoms with Crippen molar-refractivity contribution in [2.45, 2.75) is 103 Å². The number of aryl methyl sites for hydroxylation is 2. The normalized spacial score (nSPS) is 17.3. The van der Waals surface area contributed by atoms with Crippen molar-refractivity contribution in [2.75, 3.05) is 9.80 Å². The highest BCUT2D eigenvalue weighted by Crippen LogP contribution is 2.54. The molecule has 1 fully saturated rings. The van der Waals surface area contributed by atoms with Crippen LogP contribution in [0, 0.1) is 13.8 Å². The fraction of sp³-hybridized carbons (Fsp3) is 0.258. The van der Waals surface area contributed by atoms with Crippen molar-refractivity contribution in [3.63, 3.8) is 0 Å². The number of nitrogens with zero attached hydrogens (tertiary/aromatic N) is 2. The van der Waals surface area contributed by atoms with Crippen molar-refractivity contribution < 1.29 is 0 Å². The third kappa shape index (κ3) is 6.51. The van der Waals surface area contributed by atoms with Crippen LogP contribution in [0.3, 0.4) is 0 Å². The fourth-order valence-corrected chi connectivity index (χ4v) is 12.2. The fourth-order valence-electron chi connectivity index (χ4n) is 12.2. The lowest BCUT2D eigenvalue weighted by molar-refractivity contribution is 0.346. The van der Waals surface area contributed by atoms with Gasteiger partial charge in [0.05, 0.1) is 0 Å². The molecule has 0 atom stereocenters. The summed E-state index contributed by atoms with van der Waals surface area (Å²) >= 11 is 0. The molecule has 4 aliphatic rings. The Morgan fingerprint density at radius 3 is 1.50 bits per heavy atom. The molecule has 7 aromatic carbocycles. The quantitative estimate of drug-likeness (QED) is 0.150. The molecule has 0 spiro atoms. The Kier molecular flexibility index (Phi) is 9.73. The minimum atomic E-state index is -0.0726. The SMILES string of the molecule is Cc1cccc(N(c2ccc(C3(c4ccc(N(c5cccc(C)c5)c5ccc6c(c5)C(C)(C)c5ccccc5-6)cc4)CCCCC3)cc2)c2ccc3c(c2)C(C)(C)C2=C3C=CCC2)c1.